The third-order valence-electron chi connectivity index (χ3n) is 6.19. The highest BCUT2D eigenvalue weighted by Gasteiger charge is 2.47. The van der Waals surface area contributed by atoms with Gasteiger partial charge < -0.3 is 9.32 Å². The van der Waals surface area contributed by atoms with E-state index in [4.69, 9.17) is 4.42 Å². The van der Waals surface area contributed by atoms with Gasteiger partial charge in [-0.2, -0.15) is 0 Å². The number of piperidine rings is 1. The SMILES string of the molecule is Cc1ccc2c(oc3ncccc32)c1N1C(C)N2CCC1(C)CC2. The van der Waals surface area contributed by atoms with Gasteiger partial charge in [-0.15, -0.1) is 0 Å². The minimum Gasteiger partial charge on any atom is -0.436 e. The van der Waals surface area contributed by atoms with Crippen molar-refractivity contribution in [2.75, 3.05) is 18.0 Å². The Bertz CT molecular complexity index is 937. The molecule has 2 bridgehead atoms. The van der Waals surface area contributed by atoms with Crippen molar-refractivity contribution < 1.29 is 4.42 Å². The monoisotopic (exact) mass is 321 g/mol. The van der Waals surface area contributed by atoms with Crippen LogP contribution in [0.15, 0.2) is 34.9 Å². The summed E-state index contributed by atoms with van der Waals surface area (Å²) in [5.74, 6) is 0. The van der Waals surface area contributed by atoms with E-state index in [0.717, 1.165) is 16.7 Å². The minimum atomic E-state index is 0.208. The molecule has 0 spiro atoms. The minimum absolute atomic E-state index is 0.208. The Morgan fingerprint density at radius 1 is 1.17 bits per heavy atom. The average Bonchev–Trinajstić information content (AvgIpc) is 2.95. The highest BCUT2D eigenvalue weighted by molar-refractivity contribution is 6.08. The van der Waals surface area contributed by atoms with Crippen molar-refractivity contribution in [3.05, 3.63) is 36.0 Å². The first-order valence-corrected chi connectivity index (χ1v) is 8.89. The molecule has 3 aromatic rings. The molecule has 5 heterocycles. The van der Waals surface area contributed by atoms with Gasteiger partial charge in [0.05, 0.1) is 11.9 Å². The van der Waals surface area contributed by atoms with Gasteiger partial charge in [-0.1, -0.05) is 12.1 Å². The quantitative estimate of drug-likeness (QED) is 0.668. The van der Waals surface area contributed by atoms with Gasteiger partial charge in [-0.3, -0.25) is 4.90 Å². The van der Waals surface area contributed by atoms with Gasteiger partial charge in [0, 0.05) is 35.6 Å². The molecule has 0 aliphatic carbocycles. The van der Waals surface area contributed by atoms with Crippen LogP contribution in [0.5, 0.6) is 0 Å². The molecule has 0 radical (unpaired) electrons. The van der Waals surface area contributed by atoms with E-state index in [1.54, 1.807) is 6.20 Å². The molecule has 1 aromatic carbocycles. The van der Waals surface area contributed by atoms with Gasteiger partial charge in [0.15, 0.2) is 5.58 Å². The predicted octanol–water partition coefficient (Wildman–Crippen LogP) is 4.31. The smallest absolute Gasteiger partial charge is 0.227 e. The van der Waals surface area contributed by atoms with E-state index in [-0.39, 0.29) is 5.54 Å². The van der Waals surface area contributed by atoms with E-state index < -0.39 is 0 Å². The zero-order valence-electron chi connectivity index (χ0n) is 14.5. The van der Waals surface area contributed by atoms with Crippen LogP contribution in [0.2, 0.25) is 0 Å². The van der Waals surface area contributed by atoms with Crippen molar-refractivity contribution in [3.63, 3.8) is 0 Å². The van der Waals surface area contributed by atoms with E-state index in [1.165, 1.54) is 42.6 Å². The summed E-state index contributed by atoms with van der Waals surface area (Å²) in [5, 5.41) is 2.28. The number of rotatable bonds is 1. The van der Waals surface area contributed by atoms with Crippen LogP contribution < -0.4 is 4.90 Å². The summed E-state index contributed by atoms with van der Waals surface area (Å²) < 4.78 is 6.25. The number of aryl methyl sites for hydroxylation is 1. The van der Waals surface area contributed by atoms with E-state index in [2.05, 4.69) is 53.8 Å². The van der Waals surface area contributed by atoms with E-state index in [1.807, 2.05) is 6.07 Å². The number of aromatic nitrogens is 1. The number of anilines is 1. The Hall–Kier alpha value is -2.07. The van der Waals surface area contributed by atoms with Crippen LogP contribution in [0.1, 0.15) is 32.3 Å². The molecular weight excluding hydrogens is 298 g/mol. The highest BCUT2D eigenvalue weighted by atomic mass is 16.3. The number of fused-ring (bicyclic) bond motifs is 6. The maximum absolute atomic E-state index is 6.25. The van der Waals surface area contributed by atoms with Crippen molar-refractivity contribution >= 4 is 27.8 Å². The number of nitrogens with zero attached hydrogens (tertiary/aromatic N) is 3. The summed E-state index contributed by atoms with van der Waals surface area (Å²) >= 11 is 0. The van der Waals surface area contributed by atoms with Crippen LogP contribution in [0.4, 0.5) is 5.69 Å². The maximum atomic E-state index is 6.25. The third kappa shape index (κ3) is 1.75. The fourth-order valence-electron chi connectivity index (χ4n) is 4.75. The number of benzene rings is 1. The molecule has 1 atom stereocenters. The fourth-order valence-corrected chi connectivity index (χ4v) is 4.75. The lowest BCUT2D eigenvalue weighted by molar-refractivity contribution is 0.0487. The molecule has 24 heavy (non-hydrogen) atoms. The molecule has 3 fully saturated rings. The van der Waals surface area contributed by atoms with Crippen molar-refractivity contribution in [1.82, 2.24) is 9.88 Å². The number of furan rings is 1. The summed E-state index contributed by atoms with van der Waals surface area (Å²) in [6.07, 6.45) is 4.63. The molecule has 4 nitrogen and oxygen atoms in total. The van der Waals surface area contributed by atoms with Crippen LogP contribution in [-0.4, -0.2) is 34.7 Å². The second-order valence-corrected chi connectivity index (χ2v) is 7.60. The molecule has 2 aromatic heterocycles. The zero-order chi connectivity index (χ0) is 16.5. The largest absolute Gasteiger partial charge is 0.436 e. The molecule has 0 saturated carbocycles. The summed E-state index contributed by atoms with van der Waals surface area (Å²) in [7, 11) is 0. The van der Waals surface area contributed by atoms with Crippen LogP contribution in [0.3, 0.4) is 0 Å². The Balaban J connectivity index is 1.81. The van der Waals surface area contributed by atoms with Crippen molar-refractivity contribution in [3.8, 4) is 0 Å². The van der Waals surface area contributed by atoms with Crippen LogP contribution in [0, 0.1) is 6.92 Å². The second kappa shape index (κ2) is 4.73. The molecule has 0 N–H and O–H groups in total. The van der Waals surface area contributed by atoms with Crippen molar-refractivity contribution in [1.29, 1.82) is 0 Å². The van der Waals surface area contributed by atoms with E-state index in [9.17, 15) is 0 Å². The molecule has 3 aliphatic heterocycles. The molecule has 1 unspecified atom stereocenters. The van der Waals surface area contributed by atoms with Crippen LogP contribution in [-0.2, 0) is 0 Å². The molecule has 4 heteroatoms. The Morgan fingerprint density at radius 3 is 2.71 bits per heavy atom. The first-order chi connectivity index (χ1) is 11.6. The Kier molecular flexibility index (Phi) is 2.82. The molecule has 6 rings (SSSR count). The van der Waals surface area contributed by atoms with Crippen LogP contribution >= 0.6 is 0 Å². The van der Waals surface area contributed by atoms with Gasteiger partial charge in [0.1, 0.15) is 0 Å². The average molecular weight is 321 g/mol. The van der Waals surface area contributed by atoms with E-state index in [0.29, 0.717) is 6.17 Å². The number of hydrogen-bond acceptors (Lipinski definition) is 4. The standard InChI is InChI=1S/C20H23N3O/c1-13-6-7-15-16-5-4-10-21-19(16)24-18(15)17(13)23-14(2)22-11-8-20(23,3)9-12-22/h4-7,10,14H,8-9,11-12H2,1-3H3. The fraction of sp³-hybridized carbons (Fsp3) is 0.450. The summed E-state index contributed by atoms with van der Waals surface area (Å²) in [5.41, 5.74) is 4.47. The van der Waals surface area contributed by atoms with Crippen molar-refractivity contribution in [2.45, 2.75) is 45.3 Å². The number of pyridine rings is 1. The zero-order valence-corrected chi connectivity index (χ0v) is 14.5. The Morgan fingerprint density at radius 2 is 1.96 bits per heavy atom. The van der Waals surface area contributed by atoms with Gasteiger partial charge in [0.2, 0.25) is 5.71 Å². The summed E-state index contributed by atoms with van der Waals surface area (Å²) in [6.45, 7) is 9.34. The predicted molar refractivity (Wildman–Crippen MR) is 97.4 cm³/mol. The molecule has 124 valence electrons. The molecule has 3 saturated heterocycles. The highest BCUT2D eigenvalue weighted by Crippen LogP contribution is 2.46. The van der Waals surface area contributed by atoms with Gasteiger partial charge >= 0.3 is 0 Å². The van der Waals surface area contributed by atoms with Crippen molar-refractivity contribution in [2.24, 2.45) is 0 Å². The first kappa shape index (κ1) is 14.3. The third-order valence-corrected chi connectivity index (χ3v) is 6.19. The summed E-state index contributed by atoms with van der Waals surface area (Å²) in [6, 6.07) is 8.49. The van der Waals surface area contributed by atoms with E-state index >= 15 is 0 Å². The lowest BCUT2D eigenvalue weighted by atomic mass is 9.82. The second-order valence-electron chi connectivity index (χ2n) is 7.60. The van der Waals surface area contributed by atoms with Gasteiger partial charge in [-0.05, 0) is 51.3 Å². The lowest BCUT2D eigenvalue weighted by Gasteiger charge is -2.59. The number of hydrogen-bond donors (Lipinski definition) is 0. The molecular formula is C20H23N3O. The topological polar surface area (TPSA) is 32.5 Å². The summed E-state index contributed by atoms with van der Waals surface area (Å²) in [4.78, 5) is 9.62. The van der Waals surface area contributed by atoms with Gasteiger partial charge in [-0.25, -0.2) is 4.98 Å². The maximum Gasteiger partial charge on any atom is 0.227 e. The molecule has 0 amide bonds. The van der Waals surface area contributed by atoms with Gasteiger partial charge in [0.25, 0.3) is 0 Å². The first-order valence-electron chi connectivity index (χ1n) is 8.89. The Labute approximate surface area is 142 Å². The van der Waals surface area contributed by atoms with Crippen LogP contribution in [0.25, 0.3) is 22.1 Å². The molecule has 3 aliphatic rings. The lowest BCUT2D eigenvalue weighted by Crippen LogP contribution is -2.68. The normalized spacial score (nSPS) is 29.7.